The molecule has 0 aliphatic carbocycles. The Labute approximate surface area is 127 Å². The molecule has 3 rings (SSSR count). The second-order valence-electron chi connectivity index (χ2n) is 4.67. The monoisotopic (exact) mass is 349 g/mol. The lowest BCUT2D eigenvalue weighted by Gasteiger charge is -2.15. The summed E-state index contributed by atoms with van der Waals surface area (Å²) in [5, 5.41) is 0. The number of fused-ring (bicyclic) bond motifs is 1. The van der Waals surface area contributed by atoms with Crippen molar-refractivity contribution in [2.45, 2.75) is 0 Å². The number of carbonyl (C=O) groups excluding carboxylic acids is 2. The summed E-state index contributed by atoms with van der Waals surface area (Å²) in [6, 6.07) is 0.214. The van der Waals surface area contributed by atoms with E-state index in [4.69, 9.17) is 0 Å². The Bertz CT molecular complexity index is 871. The molecule has 2 aromatic carbocycles. The number of hydrogen-bond acceptors (Lipinski definition) is 2. The average Bonchev–Trinajstić information content (AvgIpc) is 2.75. The van der Waals surface area contributed by atoms with Crippen molar-refractivity contribution in [1.82, 2.24) is 0 Å². The Kier molecular flexibility index (Phi) is 3.36. The van der Waals surface area contributed by atoms with Gasteiger partial charge in [0.1, 0.15) is 11.5 Å². The predicted octanol–water partition coefficient (Wildman–Crippen LogP) is 3.46. The topological polar surface area (TPSA) is 37.4 Å². The van der Waals surface area contributed by atoms with Gasteiger partial charge in [-0.25, -0.2) is 35.6 Å². The number of carbonyl (C=O) groups is 2. The Morgan fingerprint density at radius 2 is 1.00 bits per heavy atom. The molecule has 0 saturated heterocycles. The summed E-state index contributed by atoms with van der Waals surface area (Å²) in [6.45, 7) is 0. The molecule has 0 unspecified atom stereocenters. The van der Waals surface area contributed by atoms with Crippen molar-refractivity contribution in [3.05, 3.63) is 64.0 Å². The van der Waals surface area contributed by atoms with Crippen LogP contribution in [0.4, 0.5) is 36.4 Å². The van der Waals surface area contributed by atoms with Gasteiger partial charge >= 0.3 is 0 Å². The highest BCUT2D eigenvalue weighted by Gasteiger charge is 2.46. The van der Waals surface area contributed by atoms with Crippen molar-refractivity contribution in [1.29, 1.82) is 0 Å². The maximum atomic E-state index is 13.7. The van der Waals surface area contributed by atoms with Gasteiger partial charge in [-0.05, 0) is 0 Å². The predicted molar refractivity (Wildman–Crippen MR) is 63.7 cm³/mol. The molecular weight excluding hydrogens is 347 g/mol. The van der Waals surface area contributed by atoms with Gasteiger partial charge in [-0.2, -0.15) is 0 Å². The smallest absolute Gasteiger partial charge is 0.268 e. The molecule has 0 spiro atoms. The highest BCUT2D eigenvalue weighted by molar-refractivity contribution is 6.34. The summed E-state index contributed by atoms with van der Waals surface area (Å²) in [7, 11) is 0. The first-order valence-corrected chi connectivity index (χ1v) is 6.06. The zero-order chi connectivity index (χ0) is 17.9. The number of hydrogen-bond donors (Lipinski definition) is 0. The van der Waals surface area contributed by atoms with E-state index in [1.54, 1.807) is 0 Å². The summed E-state index contributed by atoms with van der Waals surface area (Å²) in [6.07, 6.45) is 0. The molecule has 24 heavy (non-hydrogen) atoms. The maximum absolute atomic E-state index is 13.7. The summed E-state index contributed by atoms with van der Waals surface area (Å²) < 4.78 is 94.2. The van der Waals surface area contributed by atoms with Gasteiger partial charge < -0.3 is 0 Å². The van der Waals surface area contributed by atoms with E-state index in [0.29, 0.717) is 0 Å². The van der Waals surface area contributed by atoms with Crippen LogP contribution in [0.1, 0.15) is 20.7 Å². The third kappa shape index (κ3) is 1.92. The lowest BCUT2D eigenvalue weighted by molar-refractivity contribution is 0.0921. The molecule has 0 saturated carbocycles. The van der Waals surface area contributed by atoms with Crippen molar-refractivity contribution in [2.75, 3.05) is 4.90 Å². The zero-order valence-electron chi connectivity index (χ0n) is 11.1. The zero-order valence-corrected chi connectivity index (χ0v) is 11.1. The van der Waals surface area contributed by atoms with E-state index in [0.717, 1.165) is 0 Å². The van der Waals surface area contributed by atoms with Crippen LogP contribution in [0.15, 0.2) is 12.1 Å². The van der Waals surface area contributed by atoms with Crippen LogP contribution in [0, 0.1) is 40.7 Å². The Morgan fingerprint density at radius 1 is 0.625 bits per heavy atom. The lowest BCUT2D eigenvalue weighted by atomic mass is 10.1. The van der Waals surface area contributed by atoms with Crippen molar-refractivity contribution < 1.29 is 40.3 Å². The van der Waals surface area contributed by atoms with Gasteiger partial charge in [-0.3, -0.25) is 9.59 Å². The van der Waals surface area contributed by atoms with Gasteiger partial charge in [-0.15, -0.1) is 0 Å². The fraction of sp³-hybridized carbons (Fsp3) is 0. The molecule has 0 radical (unpaired) electrons. The summed E-state index contributed by atoms with van der Waals surface area (Å²) in [5.74, 6) is -17.6. The minimum atomic E-state index is -2.37. The van der Waals surface area contributed by atoms with Crippen LogP contribution in [-0.2, 0) is 0 Å². The second-order valence-corrected chi connectivity index (χ2v) is 4.67. The molecule has 0 fully saturated rings. The summed E-state index contributed by atoms with van der Waals surface area (Å²) >= 11 is 0. The number of rotatable bonds is 1. The van der Waals surface area contributed by atoms with Gasteiger partial charge in [0.2, 0.25) is 0 Å². The molecule has 0 N–H and O–H groups in total. The van der Waals surface area contributed by atoms with Crippen molar-refractivity contribution >= 4 is 17.5 Å². The Balaban J connectivity index is 2.30. The van der Waals surface area contributed by atoms with Gasteiger partial charge in [-0.1, -0.05) is 0 Å². The molecule has 0 atom stereocenters. The molecule has 1 heterocycles. The van der Waals surface area contributed by atoms with E-state index in [1.807, 2.05) is 0 Å². The fourth-order valence-electron chi connectivity index (χ4n) is 2.30. The first-order valence-electron chi connectivity index (χ1n) is 6.06. The fourth-order valence-corrected chi connectivity index (χ4v) is 2.30. The quantitative estimate of drug-likeness (QED) is 0.342. The van der Waals surface area contributed by atoms with Crippen LogP contribution in [0.5, 0.6) is 0 Å². The number of nitrogens with zero attached hydrogens (tertiary/aromatic N) is 1. The SMILES string of the molecule is O=C1c2c(F)c(F)c(F)c(F)c2C(=O)N1c1c(F)cc(F)cc1F. The number of amides is 2. The highest BCUT2D eigenvalue weighted by Crippen LogP contribution is 2.36. The first kappa shape index (κ1) is 16.0. The first-order chi connectivity index (χ1) is 11.2. The number of anilines is 1. The third-order valence-corrected chi connectivity index (χ3v) is 3.31. The van der Waals surface area contributed by atoms with Gasteiger partial charge in [0.15, 0.2) is 34.9 Å². The molecule has 2 amide bonds. The number of benzene rings is 2. The van der Waals surface area contributed by atoms with E-state index in [1.165, 1.54) is 0 Å². The van der Waals surface area contributed by atoms with Crippen LogP contribution in [0.3, 0.4) is 0 Å². The normalized spacial score (nSPS) is 13.7. The Morgan fingerprint density at radius 3 is 1.38 bits per heavy atom. The van der Waals surface area contributed by atoms with E-state index in [-0.39, 0.29) is 17.0 Å². The highest BCUT2D eigenvalue weighted by atomic mass is 19.2. The number of imide groups is 1. The van der Waals surface area contributed by atoms with E-state index >= 15 is 0 Å². The molecule has 1 aliphatic heterocycles. The van der Waals surface area contributed by atoms with Crippen LogP contribution in [-0.4, -0.2) is 11.8 Å². The van der Waals surface area contributed by atoms with Crippen LogP contribution < -0.4 is 4.90 Å². The second kappa shape index (κ2) is 5.05. The Hall–Kier alpha value is -2.91. The minimum absolute atomic E-state index is 0.107. The molecule has 0 aromatic heterocycles. The van der Waals surface area contributed by atoms with Crippen LogP contribution >= 0.6 is 0 Å². The lowest BCUT2D eigenvalue weighted by Crippen LogP contribution is -2.31. The van der Waals surface area contributed by atoms with Crippen molar-refractivity contribution in [2.24, 2.45) is 0 Å². The van der Waals surface area contributed by atoms with E-state index < -0.39 is 69.3 Å². The molecule has 2 aromatic rings. The molecule has 124 valence electrons. The molecule has 3 nitrogen and oxygen atoms in total. The number of halogens is 7. The van der Waals surface area contributed by atoms with Gasteiger partial charge in [0, 0.05) is 12.1 Å². The summed E-state index contributed by atoms with van der Waals surface area (Å²) in [5.41, 5.74) is -4.46. The van der Waals surface area contributed by atoms with Crippen LogP contribution in [0.25, 0.3) is 0 Å². The van der Waals surface area contributed by atoms with E-state index in [9.17, 15) is 40.3 Å². The van der Waals surface area contributed by atoms with E-state index in [2.05, 4.69) is 0 Å². The molecule has 0 bridgehead atoms. The average molecular weight is 349 g/mol. The van der Waals surface area contributed by atoms with Gasteiger partial charge in [0.25, 0.3) is 11.8 Å². The maximum Gasteiger partial charge on any atom is 0.269 e. The summed E-state index contributed by atoms with van der Waals surface area (Å²) in [4.78, 5) is 23.7. The van der Waals surface area contributed by atoms with Crippen molar-refractivity contribution in [3.8, 4) is 0 Å². The van der Waals surface area contributed by atoms with Gasteiger partial charge in [0.05, 0.1) is 11.1 Å². The largest absolute Gasteiger partial charge is 0.269 e. The van der Waals surface area contributed by atoms with Crippen molar-refractivity contribution in [3.63, 3.8) is 0 Å². The molecular formula is C14H2F7NO2. The minimum Gasteiger partial charge on any atom is -0.268 e. The standard InChI is InChI=1S/C14H2F7NO2/c15-3-1-4(16)12(5(17)2-3)22-13(23)6-7(14(22)24)9(19)11(21)10(20)8(6)18/h1-2H. The third-order valence-electron chi connectivity index (χ3n) is 3.31. The molecule has 1 aliphatic rings. The van der Waals surface area contributed by atoms with Crippen LogP contribution in [0.2, 0.25) is 0 Å². The molecule has 10 heteroatoms.